The molecule has 0 fully saturated rings. The van der Waals surface area contributed by atoms with Crippen molar-refractivity contribution in [3.8, 4) is 22.7 Å². The molecule has 6 heteroatoms. The average molecular weight is 468 g/mol. The Hall–Kier alpha value is -4.19. The van der Waals surface area contributed by atoms with Crippen molar-refractivity contribution in [1.82, 2.24) is 9.78 Å². The SMILES string of the molecule is CCCc1nn(-c2cccc(C)c2)c(OC(C)=O)c1-c1ccc(NC(=O)c2ccc(C)cc2)cc1. The molecular weight excluding hydrogens is 438 g/mol. The lowest BCUT2D eigenvalue weighted by Crippen LogP contribution is -2.11. The molecule has 0 spiro atoms. The van der Waals surface area contributed by atoms with E-state index in [1.807, 2.05) is 74.5 Å². The molecule has 4 rings (SSSR count). The minimum absolute atomic E-state index is 0.169. The van der Waals surface area contributed by atoms with Gasteiger partial charge < -0.3 is 10.1 Å². The van der Waals surface area contributed by atoms with Crippen molar-refractivity contribution < 1.29 is 14.3 Å². The summed E-state index contributed by atoms with van der Waals surface area (Å²) in [6.07, 6.45) is 1.62. The van der Waals surface area contributed by atoms with Crippen LogP contribution in [0, 0.1) is 13.8 Å². The summed E-state index contributed by atoms with van der Waals surface area (Å²) >= 11 is 0. The molecular formula is C29H29N3O3. The third kappa shape index (κ3) is 5.49. The number of benzene rings is 3. The summed E-state index contributed by atoms with van der Waals surface area (Å²) in [5.41, 5.74) is 6.77. The van der Waals surface area contributed by atoms with Gasteiger partial charge in [-0.15, -0.1) is 0 Å². The summed E-state index contributed by atoms with van der Waals surface area (Å²) in [4.78, 5) is 24.6. The smallest absolute Gasteiger partial charge is 0.309 e. The van der Waals surface area contributed by atoms with Crippen LogP contribution in [0.3, 0.4) is 0 Å². The standard InChI is InChI=1S/C29H29N3O3/c1-5-7-26-27(29(35-21(4)33)32(31-26)25-9-6-8-20(3)18-25)22-14-16-24(17-15-22)30-28(34)23-12-10-19(2)11-13-23/h6,8-18H,5,7H2,1-4H3,(H,30,34). The molecule has 0 radical (unpaired) electrons. The molecule has 1 N–H and O–H groups in total. The molecule has 6 nitrogen and oxygen atoms in total. The third-order valence-electron chi connectivity index (χ3n) is 5.63. The number of hydrogen-bond acceptors (Lipinski definition) is 4. The summed E-state index contributed by atoms with van der Waals surface area (Å²) in [5.74, 6) is -0.189. The summed E-state index contributed by atoms with van der Waals surface area (Å²) in [5, 5.41) is 7.76. The molecule has 1 aromatic heterocycles. The van der Waals surface area contributed by atoms with E-state index in [1.54, 1.807) is 16.8 Å². The third-order valence-corrected chi connectivity index (χ3v) is 5.63. The number of aryl methyl sites for hydroxylation is 3. The first-order chi connectivity index (χ1) is 16.9. The van der Waals surface area contributed by atoms with E-state index < -0.39 is 5.97 Å². The maximum absolute atomic E-state index is 12.6. The maximum Gasteiger partial charge on any atom is 0.309 e. The molecule has 0 unspecified atom stereocenters. The molecule has 0 saturated carbocycles. The first-order valence-electron chi connectivity index (χ1n) is 11.7. The lowest BCUT2D eigenvalue weighted by molar-refractivity contribution is -0.132. The van der Waals surface area contributed by atoms with Crippen LogP contribution in [0.25, 0.3) is 16.8 Å². The van der Waals surface area contributed by atoms with Crippen LogP contribution in [0.1, 0.15) is 47.4 Å². The van der Waals surface area contributed by atoms with Crippen molar-refractivity contribution >= 4 is 17.6 Å². The topological polar surface area (TPSA) is 73.2 Å². The summed E-state index contributed by atoms with van der Waals surface area (Å²) in [6.45, 7) is 7.47. The normalized spacial score (nSPS) is 10.7. The van der Waals surface area contributed by atoms with Crippen molar-refractivity contribution in [2.24, 2.45) is 0 Å². The predicted octanol–water partition coefficient (Wildman–Crippen LogP) is 6.29. The minimum atomic E-state index is -0.412. The van der Waals surface area contributed by atoms with Gasteiger partial charge in [0, 0.05) is 18.2 Å². The Bertz CT molecular complexity index is 1350. The first kappa shape index (κ1) is 24.0. The second kappa shape index (κ2) is 10.4. The minimum Gasteiger partial charge on any atom is -0.407 e. The van der Waals surface area contributed by atoms with Crippen molar-refractivity contribution in [3.63, 3.8) is 0 Å². The molecule has 3 aromatic carbocycles. The molecule has 0 aliphatic heterocycles. The highest BCUT2D eigenvalue weighted by atomic mass is 16.5. The monoisotopic (exact) mass is 467 g/mol. The molecule has 1 amide bonds. The number of amides is 1. The molecule has 4 aromatic rings. The van der Waals surface area contributed by atoms with Gasteiger partial charge in [-0.2, -0.15) is 9.78 Å². The van der Waals surface area contributed by atoms with Crippen molar-refractivity contribution in [3.05, 3.63) is 95.2 Å². The van der Waals surface area contributed by atoms with Crippen LogP contribution in [0.4, 0.5) is 5.69 Å². The highest BCUT2D eigenvalue weighted by molar-refractivity contribution is 6.04. The van der Waals surface area contributed by atoms with Gasteiger partial charge in [-0.3, -0.25) is 9.59 Å². The van der Waals surface area contributed by atoms with Crippen LogP contribution >= 0.6 is 0 Å². The molecule has 0 atom stereocenters. The predicted molar refractivity (Wildman–Crippen MR) is 138 cm³/mol. The van der Waals surface area contributed by atoms with Crippen LogP contribution in [0.5, 0.6) is 5.88 Å². The van der Waals surface area contributed by atoms with Gasteiger partial charge in [0.25, 0.3) is 5.91 Å². The van der Waals surface area contributed by atoms with Gasteiger partial charge in [0.2, 0.25) is 5.88 Å². The van der Waals surface area contributed by atoms with Crippen LogP contribution in [0.2, 0.25) is 0 Å². The highest BCUT2D eigenvalue weighted by Gasteiger charge is 2.23. The Kier molecular flexibility index (Phi) is 7.11. The van der Waals surface area contributed by atoms with Gasteiger partial charge in [0.1, 0.15) is 0 Å². The van der Waals surface area contributed by atoms with Gasteiger partial charge in [-0.25, -0.2) is 0 Å². The first-order valence-corrected chi connectivity index (χ1v) is 11.7. The van der Waals surface area contributed by atoms with E-state index in [1.165, 1.54) is 6.92 Å². The Morgan fingerprint density at radius 2 is 1.66 bits per heavy atom. The summed E-state index contributed by atoms with van der Waals surface area (Å²) in [6, 6.07) is 22.9. The quantitative estimate of drug-likeness (QED) is 0.324. The number of aromatic nitrogens is 2. The van der Waals surface area contributed by atoms with Crippen LogP contribution in [-0.4, -0.2) is 21.7 Å². The number of ether oxygens (including phenoxy) is 1. The molecule has 35 heavy (non-hydrogen) atoms. The van der Waals surface area contributed by atoms with E-state index in [0.29, 0.717) is 17.1 Å². The van der Waals surface area contributed by atoms with Crippen LogP contribution in [-0.2, 0) is 11.2 Å². The van der Waals surface area contributed by atoms with E-state index in [2.05, 4.69) is 12.2 Å². The van der Waals surface area contributed by atoms with Gasteiger partial charge >= 0.3 is 5.97 Å². The Labute approximate surface area is 205 Å². The maximum atomic E-state index is 12.6. The average Bonchev–Trinajstić information content (AvgIpc) is 3.17. The van der Waals surface area contributed by atoms with E-state index in [-0.39, 0.29) is 5.91 Å². The van der Waals surface area contributed by atoms with Gasteiger partial charge in [0.05, 0.1) is 16.9 Å². The van der Waals surface area contributed by atoms with Crippen molar-refractivity contribution in [2.45, 2.75) is 40.5 Å². The van der Waals surface area contributed by atoms with Crippen molar-refractivity contribution in [2.75, 3.05) is 5.32 Å². The molecule has 1 heterocycles. The number of carbonyl (C=O) groups is 2. The zero-order chi connectivity index (χ0) is 24.9. The number of nitrogens with zero attached hydrogens (tertiary/aromatic N) is 2. The largest absolute Gasteiger partial charge is 0.407 e. The number of hydrogen-bond donors (Lipinski definition) is 1. The summed E-state index contributed by atoms with van der Waals surface area (Å²) < 4.78 is 7.40. The fraction of sp³-hybridized carbons (Fsp3) is 0.207. The Morgan fingerprint density at radius 3 is 2.29 bits per heavy atom. The fourth-order valence-electron chi connectivity index (χ4n) is 3.94. The Balaban J connectivity index is 1.71. The highest BCUT2D eigenvalue weighted by Crippen LogP contribution is 2.37. The molecule has 0 aliphatic rings. The second-order valence-corrected chi connectivity index (χ2v) is 8.62. The lowest BCUT2D eigenvalue weighted by atomic mass is 10.0. The zero-order valence-corrected chi connectivity index (χ0v) is 20.5. The molecule has 0 saturated heterocycles. The van der Waals surface area contributed by atoms with Crippen molar-refractivity contribution in [1.29, 1.82) is 0 Å². The second-order valence-electron chi connectivity index (χ2n) is 8.62. The van der Waals surface area contributed by atoms with Gasteiger partial charge in [-0.05, 0) is 67.8 Å². The number of carbonyl (C=O) groups excluding carboxylic acids is 2. The van der Waals surface area contributed by atoms with Gasteiger partial charge in [-0.1, -0.05) is 55.3 Å². The van der Waals surface area contributed by atoms with Crippen LogP contribution in [0.15, 0.2) is 72.8 Å². The van der Waals surface area contributed by atoms with E-state index in [0.717, 1.165) is 46.5 Å². The lowest BCUT2D eigenvalue weighted by Gasteiger charge is -2.11. The van der Waals surface area contributed by atoms with E-state index in [4.69, 9.17) is 9.84 Å². The fourth-order valence-corrected chi connectivity index (χ4v) is 3.94. The zero-order valence-electron chi connectivity index (χ0n) is 20.5. The Morgan fingerprint density at radius 1 is 0.943 bits per heavy atom. The van der Waals surface area contributed by atoms with E-state index >= 15 is 0 Å². The summed E-state index contributed by atoms with van der Waals surface area (Å²) in [7, 11) is 0. The van der Waals surface area contributed by atoms with E-state index in [9.17, 15) is 9.59 Å². The van der Waals surface area contributed by atoms with Gasteiger partial charge in [0.15, 0.2) is 0 Å². The number of nitrogens with one attached hydrogen (secondary N) is 1. The number of esters is 1. The number of anilines is 1. The molecule has 0 bridgehead atoms. The van der Waals surface area contributed by atoms with Crippen LogP contribution < -0.4 is 10.1 Å². The molecule has 0 aliphatic carbocycles. The number of rotatable bonds is 7. The molecule has 178 valence electrons.